The van der Waals surface area contributed by atoms with Gasteiger partial charge in [-0.05, 0) is 89.7 Å². The lowest BCUT2D eigenvalue weighted by Crippen LogP contribution is -2.30. The number of halogens is 3. The number of nitrogens with one attached hydrogen (secondary N) is 2. The molecule has 4 aromatic rings. The topological polar surface area (TPSA) is 115 Å². The van der Waals surface area contributed by atoms with Crippen molar-refractivity contribution in [3.05, 3.63) is 97.0 Å². The van der Waals surface area contributed by atoms with Crippen LogP contribution in [0.4, 0.5) is 8.78 Å². The maximum Gasteiger partial charge on any atom is 0.338 e. The molecule has 2 aromatic carbocycles. The molecule has 1 atom stereocenters. The first-order valence-electron chi connectivity index (χ1n) is 12.5. The van der Waals surface area contributed by atoms with E-state index in [-0.39, 0.29) is 36.6 Å². The standard InChI is InChI=1S/C28H24F2IN5O4/c1-3-40-28(39)17-5-6-18-16(14(17)2)7-9-22(18)35-27(38)24-11-23(34-25-21(31)13-33-36(24)25)26(37)32-12-15-4-8-19(29)20(30)10-15/h4-6,8,10-11,13,22H,3,7,9,12H2,1-2H3,(H,32,37)(H,35,38)/t22-/m0/s1. The molecule has 1 aliphatic carbocycles. The summed E-state index contributed by atoms with van der Waals surface area (Å²) < 4.78 is 33.9. The van der Waals surface area contributed by atoms with E-state index >= 15 is 0 Å². The van der Waals surface area contributed by atoms with Gasteiger partial charge in [0.05, 0.1) is 28.0 Å². The summed E-state index contributed by atoms with van der Waals surface area (Å²) in [5, 5.41) is 9.92. The Hall–Kier alpha value is -3.94. The van der Waals surface area contributed by atoms with E-state index in [1.54, 1.807) is 13.0 Å². The molecular formula is C28H24F2IN5O4. The van der Waals surface area contributed by atoms with Gasteiger partial charge in [0.25, 0.3) is 11.8 Å². The average molecular weight is 659 g/mol. The number of benzene rings is 2. The Morgan fingerprint density at radius 2 is 1.93 bits per heavy atom. The minimum Gasteiger partial charge on any atom is -0.462 e. The fourth-order valence-corrected chi connectivity index (χ4v) is 5.30. The van der Waals surface area contributed by atoms with Crippen molar-refractivity contribution in [1.29, 1.82) is 0 Å². The van der Waals surface area contributed by atoms with Crippen molar-refractivity contribution in [3.63, 3.8) is 0 Å². The van der Waals surface area contributed by atoms with E-state index in [0.717, 1.165) is 28.8 Å². The number of ether oxygens (including phenoxy) is 1. The zero-order valence-electron chi connectivity index (χ0n) is 21.6. The van der Waals surface area contributed by atoms with Gasteiger partial charge in [-0.15, -0.1) is 0 Å². The van der Waals surface area contributed by atoms with E-state index < -0.39 is 23.4 Å². The molecule has 0 bridgehead atoms. The van der Waals surface area contributed by atoms with Crippen LogP contribution in [0.15, 0.2) is 42.6 Å². The predicted octanol–water partition coefficient (Wildman–Crippen LogP) is 4.44. The van der Waals surface area contributed by atoms with Crippen molar-refractivity contribution < 1.29 is 27.9 Å². The molecule has 0 radical (unpaired) electrons. The maximum atomic E-state index is 13.5. The number of carbonyl (C=O) groups excluding carboxylic acids is 3. The molecule has 2 heterocycles. The summed E-state index contributed by atoms with van der Waals surface area (Å²) in [5.74, 6) is -3.41. The van der Waals surface area contributed by atoms with Crippen LogP contribution in [0, 0.1) is 22.1 Å². The van der Waals surface area contributed by atoms with Crippen LogP contribution in [-0.4, -0.2) is 39.0 Å². The molecule has 40 heavy (non-hydrogen) atoms. The lowest BCUT2D eigenvalue weighted by Gasteiger charge is -2.16. The fraction of sp³-hybridized carbons (Fsp3) is 0.250. The lowest BCUT2D eigenvalue weighted by molar-refractivity contribution is 0.0525. The van der Waals surface area contributed by atoms with Gasteiger partial charge >= 0.3 is 5.97 Å². The van der Waals surface area contributed by atoms with Crippen LogP contribution in [0.25, 0.3) is 5.65 Å². The van der Waals surface area contributed by atoms with Crippen LogP contribution in [0.3, 0.4) is 0 Å². The minimum atomic E-state index is -1.01. The number of carbonyl (C=O) groups is 3. The highest BCUT2D eigenvalue weighted by atomic mass is 127. The van der Waals surface area contributed by atoms with Crippen molar-refractivity contribution in [2.24, 2.45) is 0 Å². The molecular weight excluding hydrogens is 635 g/mol. The van der Waals surface area contributed by atoms with Crippen molar-refractivity contribution in [2.75, 3.05) is 6.61 Å². The van der Waals surface area contributed by atoms with Gasteiger partial charge in [0.2, 0.25) is 0 Å². The third kappa shape index (κ3) is 5.27. The first-order chi connectivity index (χ1) is 19.2. The third-order valence-corrected chi connectivity index (χ3v) is 7.59. The van der Waals surface area contributed by atoms with Gasteiger partial charge in [0, 0.05) is 12.6 Å². The molecule has 9 nitrogen and oxygen atoms in total. The quantitative estimate of drug-likeness (QED) is 0.224. The Morgan fingerprint density at radius 3 is 2.67 bits per heavy atom. The first kappa shape index (κ1) is 27.6. The zero-order chi connectivity index (χ0) is 28.6. The molecule has 5 rings (SSSR count). The number of nitrogens with zero attached hydrogens (tertiary/aromatic N) is 3. The highest BCUT2D eigenvalue weighted by Gasteiger charge is 2.29. The summed E-state index contributed by atoms with van der Waals surface area (Å²) in [7, 11) is 0. The Bertz CT molecular complexity index is 1670. The zero-order valence-corrected chi connectivity index (χ0v) is 23.7. The number of rotatable bonds is 7. The second-order valence-corrected chi connectivity index (χ2v) is 10.4. The number of esters is 1. The second kappa shape index (κ2) is 11.3. The molecule has 0 saturated heterocycles. The van der Waals surface area contributed by atoms with Crippen LogP contribution < -0.4 is 10.6 Å². The molecule has 0 spiro atoms. The van der Waals surface area contributed by atoms with Gasteiger partial charge in [0.15, 0.2) is 17.3 Å². The summed E-state index contributed by atoms with van der Waals surface area (Å²) in [5.41, 5.74) is 4.04. The Morgan fingerprint density at radius 1 is 1.12 bits per heavy atom. The smallest absolute Gasteiger partial charge is 0.338 e. The van der Waals surface area contributed by atoms with Crippen LogP contribution in [0.5, 0.6) is 0 Å². The van der Waals surface area contributed by atoms with Crippen molar-refractivity contribution >= 4 is 46.0 Å². The summed E-state index contributed by atoms with van der Waals surface area (Å²) in [6, 6.07) is 7.94. The minimum absolute atomic E-state index is 0.0274. The Balaban J connectivity index is 1.39. The van der Waals surface area contributed by atoms with E-state index in [9.17, 15) is 23.2 Å². The van der Waals surface area contributed by atoms with E-state index in [0.29, 0.717) is 33.2 Å². The number of hydrogen-bond donors (Lipinski definition) is 2. The summed E-state index contributed by atoms with van der Waals surface area (Å²) >= 11 is 2.01. The van der Waals surface area contributed by atoms with Crippen LogP contribution in [-0.2, 0) is 17.7 Å². The molecule has 2 aromatic heterocycles. The number of amides is 2. The van der Waals surface area contributed by atoms with Gasteiger partial charge in [-0.1, -0.05) is 12.1 Å². The summed E-state index contributed by atoms with van der Waals surface area (Å²) in [6.07, 6.45) is 2.86. The van der Waals surface area contributed by atoms with E-state index in [2.05, 4.69) is 20.7 Å². The van der Waals surface area contributed by atoms with E-state index in [1.165, 1.54) is 22.8 Å². The molecule has 0 aliphatic heterocycles. The molecule has 2 amide bonds. The average Bonchev–Trinajstić information content (AvgIpc) is 3.52. The van der Waals surface area contributed by atoms with Crippen LogP contribution in [0.2, 0.25) is 0 Å². The second-order valence-electron chi connectivity index (χ2n) is 9.28. The summed E-state index contributed by atoms with van der Waals surface area (Å²) in [4.78, 5) is 43.1. The van der Waals surface area contributed by atoms with Crippen LogP contribution >= 0.6 is 22.6 Å². The molecule has 206 valence electrons. The van der Waals surface area contributed by atoms with Crippen LogP contribution in [0.1, 0.15) is 73.0 Å². The SMILES string of the molecule is CCOC(=O)c1ccc2c(c1C)CC[C@@H]2NC(=O)c1cc(C(=O)NCc2ccc(F)c(F)c2)nc2c(I)cnn12. The highest BCUT2D eigenvalue weighted by molar-refractivity contribution is 14.1. The van der Waals surface area contributed by atoms with Gasteiger partial charge < -0.3 is 15.4 Å². The first-order valence-corrected chi connectivity index (χ1v) is 13.6. The summed E-state index contributed by atoms with van der Waals surface area (Å²) in [6.45, 7) is 3.85. The van der Waals surface area contributed by atoms with Gasteiger partial charge in [-0.2, -0.15) is 5.10 Å². The van der Waals surface area contributed by atoms with Gasteiger partial charge in [-0.3, -0.25) is 9.59 Å². The molecule has 0 saturated carbocycles. The highest BCUT2D eigenvalue weighted by Crippen LogP contribution is 2.35. The molecule has 12 heteroatoms. The van der Waals surface area contributed by atoms with E-state index in [4.69, 9.17) is 4.74 Å². The Kier molecular flexibility index (Phi) is 7.79. The lowest BCUT2D eigenvalue weighted by atomic mass is 9.98. The number of fused-ring (bicyclic) bond motifs is 2. The van der Waals surface area contributed by atoms with Gasteiger partial charge in [0.1, 0.15) is 11.4 Å². The van der Waals surface area contributed by atoms with Gasteiger partial charge in [-0.25, -0.2) is 23.1 Å². The van der Waals surface area contributed by atoms with E-state index in [1.807, 2.05) is 35.6 Å². The fourth-order valence-electron chi connectivity index (χ4n) is 4.83. The Labute approximate surface area is 241 Å². The van der Waals surface area contributed by atoms with Crippen molar-refractivity contribution in [1.82, 2.24) is 25.2 Å². The van der Waals surface area contributed by atoms with Crippen molar-refractivity contribution in [3.8, 4) is 0 Å². The normalized spacial score (nSPS) is 14.2. The molecule has 0 unspecified atom stereocenters. The third-order valence-electron chi connectivity index (χ3n) is 6.82. The largest absolute Gasteiger partial charge is 0.462 e. The van der Waals surface area contributed by atoms with Crippen molar-refractivity contribution in [2.45, 2.75) is 39.3 Å². The maximum absolute atomic E-state index is 13.5. The molecule has 2 N–H and O–H groups in total. The number of hydrogen-bond acceptors (Lipinski definition) is 6. The monoisotopic (exact) mass is 659 g/mol. The predicted molar refractivity (Wildman–Crippen MR) is 149 cm³/mol. The molecule has 0 fully saturated rings. The number of aromatic nitrogens is 3. The molecule has 1 aliphatic rings.